The topological polar surface area (TPSA) is 85.8 Å². The molecule has 0 spiro atoms. The van der Waals surface area contributed by atoms with E-state index >= 15 is 0 Å². The SMILES string of the molecule is CN(C(=O)c1cc2c(cc1F)nc(N)c1cncn12)[C@@H]1COc2cc(C(F)(F)F)cc(F)c21. The van der Waals surface area contributed by atoms with E-state index in [9.17, 15) is 26.7 Å². The van der Waals surface area contributed by atoms with Gasteiger partial charge in [-0.3, -0.25) is 9.20 Å². The molecule has 170 valence electrons. The normalized spacial score (nSPS) is 15.6. The molecule has 0 saturated carbocycles. The van der Waals surface area contributed by atoms with Gasteiger partial charge in [0.1, 0.15) is 35.3 Å². The summed E-state index contributed by atoms with van der Waals surface area (Å²) >= 11 is 0. The third-order valence-corrected chi connectivity index (χ3v) is 5.63. The van der Waals surface area contributed by atoms with Crippen molar-refractivity contribution >= 4 is 28.3 Å². The largest absolute Gasteiger partial charge is 0.491 e. The fraction of sp³-hybridized carbons (Fsp3) is 0.190. The van der Waals surface area contributed by atoms with Gasteiger partial charge in [0.25, 0.3) is 5.91 Å². The van der Waals surface area contributed by atoms with E-state index in [0.717, 1.165) is 11.0 Å². The fourth-order valence-electron chi connectivity index (χ4n) is 3.95. The zero-order chi connectivity index (χ0) is 23.7. The number of anilines is 1. The number of alkyl halides is 3. The Morgan fingerprint density at radius 2 is 1.94 bits per heavy atom. The number of likely N-dealkylation sites (N-methyl/N-ethyl adjacent to an activating group) is 1. The van der Waals surface area contributed by atoms with Crippen LogP contribution in [0.4, 0.5) is 27.8 Å². The summed E-state index contributed by atoms with van der Waals surface area (Å²) < 4.78 is 75.2. The lowest BCUT2D eigenvalue weighted by Gasteiger charge is -2.24. The first kappa shape index (κ1) is 20.9. The molecule has 1 aliphatic rings. The van der Waals surface area contributed by atoms with Crippen LogP contribution in [0, 0.1) is 11.6 Å². The van der Waals surface area contributed by atoms with Crippen LogP contribution in [-0.4, -0.2) is 38.8 Å². The summed E-state index contributed by atoms with van der Waals surface area (Å²) in [4.78, 5) is 22.3. The van der Waals surface area contributed by atoms with Crippen LogP contribution in [0.25, 0.3) is 16.6 Å². The van der Waals surface area contributed by atoms with E-state index in [4.69, 9.17) is 10.5 Å². The molecule has 0 unspecified atom stereocenters. The maximum absolute atomic E-state index is 14.9. The lowest BCUT2D eigenvalue weighted by atomic mass is 10.0. The van der Waals surface area contributed by atoms with Crippen LogP contribution in [0.2, 0.25) is 0 Å². The molecular formula is C21H14F5N5O2. The van der Waals surface area contributed by atoms with E-state index in [1.54, 1.807) is 4.40 Å². The van der Waals surface area contributed by atoms with Crippen molar-refractivity contribution in [3.05, 3.63) is 65.1 Å². The van der Waals surface area contributed by atoms with Crippen LogP contribution in [0.15, 0.2) is 36.8 Å². The van der Waals surface area contributed by atoms with Gasteiger partial charge in [0.15, 0.2) is 0 Å². The van der Waals surface area contributed by atoms with Crippen LogP contribution in [0.5, 0.6) is 5.75 Å². The number of carbonyl (C=O) groups is 1. The van der Waals surface area contributed by atoms with Gasteiger partial charge in [-0.2, -0.15) is 13.2 Å². The molecule has 2 aromatic heterocycles. The number of imidazole rings is 1. The second-order valence-electron chi connectivity index (χ2n) is 7.58. The first-order valence-electron chi connectivity index (χ1n) is 9.57. The van der Waals surface area contributed by atoms with E-state index in [2.05, 4.69) is 9.97 Å². The van der Waals surface area contributed by atoms with E-state index in [1.165, 1.54) is 25.6 Å². The molecular weight excluding hydrogens is 449 g/mol. The summed E-state index contributed by atoms with van der Waals surface area (Å²) in [6.07, 6.45) is -1.87. The van der Waals surface area contributed by atoms with E-state index in [0.29, 0.717) is 23.2 Å². The van der Waals surface area contributed by atoms with Gasteiger partial charge in [0.05, 0.1) is 46.3 Å². The molecule has 0 aliphatic carbocycles. The monoisotopic (exact) mass is 463 g/mol. The molecule has 0 bridgehead atoms. The summed E-state index contributed by atoms with van der Waals surface area (Å²) in [5.41, 5.74) is 5.12. The Bertz CT molecular complexity index is 1450. The van der Waals surface area contributed by atoms with Crippen molar-refractivity contribution in [2.24, 2.45) is 0 Å². The van der Waals surface area contributed by atoms with Gasteiger partial charge in [-0.25, -0.2) is 18.7 Å². The molecule has 3 heterocycles. The van der Waals surface area contributed by atoms with Gasteiger partial charge >= 0.3 is 6.18 Å². The highest BCUT2D eigenvalue weighted by Crippen LogP contribution is 2.42. The summed E-state index contributed by atoms with van der Waals surface area (Å²) in [6, 6.07) is 2.29. The number of rotatable bonds is 2. The molecule has 1 atom stereocenters. The first-order valence-corrected chi connectivity index (χ1v) is 9.57. The van der Waals surface area contributed by atoms with Crippen molar-refractivity contribution in [1.82, 2.24) is 19.3 Å². The van der Waals surface area contributed by atoms with Gasteiger partial charge < -0.3 is 15.4 Å². The van der Waals surface area contributed by atoms with Gasteiger partial charge in [-0.1, -0.05) is 0 Å². The highest BCUT2D eigenvalue weighted by Gasteiger charge is 2.39. The van der Waals surface area contributed by atoms with Crippen LogP contribution in [0.3, 0.4) is 0 Å². The summed E-state index contributed by atoms with van der Waals surface area (Å²) in [7, 11) is 1.29. The third kappa shape index (κ3) is 3.20. The first-order chi connectivity index (χ1) is 15.6. The second kappa shape index (κ2) is 7.02. The average Bonchev–Trinajstić information content (AvgIpc) is 3.40. The molecule has 33 heavy (non-hydrogen) atoms. The summed E-state index contributed by atoms with van der Waals surface area (Å²) in [5, 5.41) is 0. The smallest absolute Gasteiger partial charge is 0.416 e. The molecule has 12 heteroatoms. The maximum Gasteiger partial charge on any atom is 0.416 e. The van der Waals surface area contributed by atoms with Crippen molar-refractivity contribution in [2.45, 2.75) is 12.2 Å². The highest BCUT2D eigenvalue weighted by atomic mass is 19.4. The third-order valence-electron chi connectivity index (χ3n) is 5.63. The van der Waals surface area contributed by atoms with E-state index in [1.807, 2.05) is 0 Å². The molecule has 2 aromatic carbocycles. The standard InChI is InChI=1S/C21H14F5N5O2/c1-30(16-7-33-17-3-9(21(24,25)26)2-12(23)18(16)17)20(32)10-4-14-13(5-11(10)22)29-19(27)15-6-28-8-31(14)15/h2-6,8,16H,7H2,1H3,(H2,27,29)/t16-/m1/s1. The Morgan fingerprint density at radius 1 is 1.18 bits per heavy atom. The Kier molecular flexibility index (Phi) is 4.45. The van der Waals surface area contributed by atoms with Crippen molar-refractivity contribution in [1.29, 1.82) is 0 Å². The Balaban J connectivity index is 1.55. The Morgan fingerprint density at radius 3 is 2.67 bits per heavy atom. The number of carbonyl (C=O) groups excluding carboxylic acids is 1. The maximum atomic E-state index is 14.9. The number of amides is 1. The van der Waals surface area contributed by atoms with Crippen molar-refractivity contribution in [3.63, 3.8) is 0 Å². The predicted octanol–water partition coefficient (Wildman–Crippen LogP) is 3.97. The van der Waals surface area contributed by atoms with E-state index < -0.39 is 35.3 Å². The molecule has 1 aliphatic heterocycles. The Labute approximate surface area is 182 Å². The van der Waals surface area contributed by atoms with Gasteiger partial charge in [-0.15, -0.1) is 0 Å². The molecule has 2 N–H and O–H groups in total. The second-order valence-corrected chi connectivity index (χ2v) is 7.58. The Hall–Kier alpha value is -3.96. The van der Waals surface area contributed by atoms with Crippen molar-refractivity contribution in [3.8, 4) is 5.75 Å². The minimum atomic E-state index is -4.76. The lowest BCUT2D eigenvalue weighted by molar-refractivity contribution is -0.137. The predicted molar refractivity (Wildman–Crippen MR) is 107 cm³/mol. The minimum absolute atomic E-state index is 0.129. The van der Waals surface area contributed by atoms with Crippen LogP contribution >= 0.6 is 0 Å². The zero-order valence-electron chi connectivity index (χ0n) is 16.8. The molecule has 1 amide bonds. The zero-order valence-corrected chi connectivity index (χ0v) is 16.8. The fourth-order valence-corrected chi connectivity index (χ4v) is 3.95. The number of fused-ring (bicyclic) bond motifs is 4. The van der Waals surface area contributed by atoms with Crippen LogP contribution < -0.4 is 10.5 Å². The molecule has 5 rings (SSSR count). The number of ether oxygens (including phenoxy) is 1. The molecule has 4 aromatic rings. The number of aromatic nitrogens is 3. The number of nitrogens with two attached hydrogens (primary N) is 1. The lowest BCUT2D eigenvalue weighted by Crippen LogP contribution is -2.33. The summed E-state index contributed by atoms with van der Waals surface area (Å²) in [5.74, 6) is -3.06. The average molecular weight is 463 g/mol. The molecule has 7 nitrogen and oxygen atoms in total. The van der Waals surface area contributed by atoms with E-state index in [-0.39, 0.29) is 34.8 Å². The van der Waals surface area contributed by atoms with Crippen LogP contribution in [0.1, 0.15) is 27.5 Å². The number of nitrogen functional groups attached to an aromatic ring is 1. The number of hydrogen-bond acceptors (Lipinski definition) is 5. The molecule has 0 radical (unpaired) electrons. The highest BCUT2D eigenvalue weighted by molar-refractivity contribution is 5.98. The summed E-state index contributed by atoms with van der Waals surface area (Å²) in [6.45, 7) is -0.283. The quantitative estimate of drug-likeness (QED) is 0.455. The molecule has 0 fully saturated rings. The van der Waals surface area contributed by atoms with Crippen molar-refractivity contribution < 1.29 is 31.5 Å². The minimum Gasteiger partial charge on any atom is -0.491 e. The van der Waals surface area contributed by atoms with Gasteiger partial charge in [-0.05, 0) is 18.2 Å². The number of nitrogens with zero attached hydrogens (tertiary/aromatic N) is 4. The number of halogens is 5. The van der Waals surface area contributed by atoms with Gasteiger partial charge in [0.2, 0.25) is 0 Å². The van der Waals surface area contributed by atoms with Gasteiger partial charge in [0, 0.05) is 13.1 Å². The van der Waals surface area contributed by atoms with Crippen molar-refractivity contribution in [2.75, 3.05) is 19.4 Å². The number of benzene rings is 2. The molecule has 0 saturated heterocycles. The van der Waals surface area contributed by atoms with Crippen LogP contribution in [-0.2, 0) is 6.18 Å². The number of hydrogen-bond donors (Lipinski definition) is 1.